The first kappa shape index (κ1) is 19.0. The normalized spacial score (nSPS) is 20.4. The molecule has 0 bridgehead atoms. The van der Waals surface area contributed by atoms with Crippen molar-refractivity contribution in [3.05, 3.63) is 0 Å². The molecule has 0 aromatic heterocycles. The molecule has 0 radical (unpaired) electrons. The van der Waals surface area contributed by atoms with Gasteiger partial charge in [-0.2, -0.15) is 13.2 Å². The molecular formula is C14H27F3N4O. The van der Waals surface area contributed by atoms with E-state index in [4.69, 9.17) is 4.74 Å². The van der Waals surface area contributed by atoms with Gasteiger partial charge < -0.3 is 15.4 Å². The second-order valence-electron chi connectivity index (χ2n) is 5.29. The van der Waals surface area contributed by atoms with Gasteiger partial charge in [-0.05, 0) is 26.7 Å². The zero-order valence-corrected chi connectivity index (χ0v) is 13.4. The quantitative estimate of drug-likeness (QED) is 0.405. The minimum Gasteiger partial charge on any atom is -0.382 e. The van der Waals surface area contributed by atoms with E-state index in [1.807, 2.05) is 13.8 Å². The minimum atomic E-state index is -4.13. The Morgan fingerprint density at radius 1 is 1.36 bits per heavy atom. The number of rotatable bonds is 8. The summed E-state index contributed by atoms with van der Waals surface area (Å²) in [5.74, 6) is 0.665. The van der Waals surface area contributed by atoms with Crippen LogP contribution in [0.15, 0.2) is 4.99 Å². The van der Waals surface area contributed by atoms with Crippen molar-refractivity contribution in [1.82, 2.24) is 15.5 Å². The zero-order chi connectivity index (χ0) is 16.4. The van der Waals surface area contributed by atoms with Gasteiger partial charge in [0.1, 0.15) is 0 Å². The lowest BCUT2D eigenvalue weighted by Gasteiger charge is -2.19. The number of nitrogens with one attached hydrogen (secondary N) is 2. The number of nitrogens with zero attached hydrogens (tertiary/aromatic N) is 2. The molecule has 0 amide bonds. The number of hydrogen-bond acceptors (Lipinski definition) is 3. The lowest BCUT2D eigenvalue weighted by atomic mass is 10.3. The predicted octanol–water partition coefficient (Wildman–Crippen LogP) is 1.60. The predicted molar refractivity (Wildman–Crippen MR) is 81.1 cm³/mol. The van der Waals surface area contributed by atoms with Crippen molar-refractivity contribution in [1.29, 1.82) is 0 Å². The van der Waals surface area contributed by atoms with Gasteiger partial charge in [0.2, 0.25) is 0 Å². The third-order valence-electron chi connectivity index (χ3n) is 3.28. The molecule has 130 valence electrons. The number of aliphatic imine (C=N–C) groups is 1. The molecule has 22 heavy (non-hydrogen) atoms. The fourth-order valence-corrected chi connectivity index (χ4v) is 2.36. The summed E-state index contributed by atoms with van der Waals surface area (Å²) in [4.78, 5) is 5.85. The molecule has 1 saturated heterocycles. The molecule has 1 aliphatic rings. The summed E-state index contributed by atoms with van der Waals surface area (Å²) in [5.41, 5.74) is 0. The van der Waals surface area contributed by atoms with Gasteiger partial charge in [0.05, 0.1) is 6.54 Å². The number of hydrogen-bond donors (Lipinski definition) is 2. The summed E-state index contributed by atoms with van der Waals surface area (Å²) in [6.45, 7) is 6.63. The van der Waals surface area contributed by atoms with Gasteiger partial charge in [0, 0.05) is 45.4 Å². The minimum absolute atomic E-state index is 0.00652. The molecule has 0 aliphatic carbocycles. The van der Waals surface area contributed by atoms with E-state index < -0.39 is 12.7 Å². The van der Waals surface area contributed by atoms with Crippen LogP contribution in [0.5, 0.6) is 0 Å². The molecule has 1 unspecified atom stereocenters. The highest BCUT2D eigenvalue weighted by molar-refractivity contribution is 5.80. The van der Waals surface area contributed by atoms with Crippen LogP contribution in [0.25, 0.3) is 0 Å². The van der Waals surface area contributed by atoms with Gasteiger partial charge in [-0.15, -0.1) is 0 Å². The van der Waals surface area contributed by atoms with E-state index in [1.54, 1.807) is 0 Å². The number of guanidine groups is 1. The van der Waals surface area contributed by atoms with Crippen LogP contribution < -0.4 is 10.6 Å². The van der Waals surface area contributed by atoms with E-state index in [1.165, 1.54) is 4.90 Å². The summed E-state index contributed by atoms with van der Waals surface area (Å²) in [7, 11) is 0. The van der Waals surface area contributed by atoms with Crippen LogP contribution in [-0.2, 0) is 4.74 Å². The molecule has 0 saturated carbocycles. The molecule has 5 nitrogen and oxygen atoms in total. The molecule has 1 rings (SSSR count). The Bertz CT molecular complexity index is 337. The Hall–Kier alpha value is -1.02. The first-order valence-corrected chi connectivity index (χ1v) is 7.86. The molecule has 1 heterocycles. The highest BCUT2D eigenvalue weighted by Gasteiger charge is 2.34. The summed E-state index contributed by atoms with van der Waals surface area (Å²) < 4.78 is 42.4. The second-order valence-corrected chi connectivity index (χ2v) is 5.29. The second kappa shape index (κ2) is 9.89. The summed E-state index contributed by atoms with van der Waals surface area (Å²) >= 11 is 0. The third kappa shape index (κ3) is 8.43. The first-order chi connectivity index (χ1) is 10.4. The zero-order valence-electron chi connectivity index (χ0n) is 13.4. The molecule has 8 heteroatoms. The highest BCUT2D eigenvalue weighted by atomic mass is 19.4. The highest BCUT2D eigenvalue weighted by Crippen LogP contribution is 2.19. The van der Waals surface area contributed by atoms with Gasteiger partial charge in [-0.1, -0.05) is 0 Å². The van der Waals surface area contributed by atoms with Crippen LogP contribution in [0.1, 0.15) is 26.7 Å². The van der Waals surface area contributed by atoms with Crippen LogP contribution >= 0.6 is 0 Å². The van der Waals surface area contributed by atoms with Gasteiger partial charge in [0.15, 0.2) is 5.96 Å². The van der Waals surface area contributed by atoms with Crippen molar-refractivity contribution in [2.24, 2.45) is 4.99 Å². The summed E-state index contributed by atoms with van der Waals surface area (Å²) in [5, 5.41) is 6.33. The SMILES string of the molecule is CCNC(=NCCCOCC)NC1CCN(CC(F)(F)F)C1. The van der Waals surface area contributed by atoms with Crippen molar-refractivity contribution in [3.63, 3.8) is 0 Å². The smallest absolute Gasteiger partial charge is 0.382 e. The van der Waals surface area contributed by atoms with Crippen molar-refractivity contribution in [3.8, 4) is 0 Å². The molecule has 1 aliphatic heterocycles. The maximum atomic E-state index is 12.4. The number of halogens is 3. The number of ether oxygens (including phenoxy) is 1. The fraction of sp³-hybridized carbons (Fsp3) is 0.929. The standard InChI is InChI=1S/C14H27F3N4O/c1-3-18-13(19-7-5-9-22-4-2)20-12-6-8-21(10-12)11-14(15,16)17/h12H,3-11H2,1-2H3,(H2,18,19,20). The third-order valence-corrected chi connectivity index (χ3v) is 3.28. The average Bonchev–Trinajstić information content (AvgIpc) is 2.83. The van der Waals surface area contributed by atoms with E-state index in [2.05, 4.69) is 15.6 Å². The lowest BCUT2D eigenvalue weighted by molar-refractivity contribution is -0.143. The molecule has 0 aromatic carbocycles. The van der Waals surface area contributed by atoms with Crippen molar-refractivity contribution >= 4 is 5.96 Å². The number of likely N-dealkylation sites (tertiary alicyclic amines) is 1. The largest absolute Gasteiger partial charge is 0.401 e. The van der Waals surface area contributed by atoms with Crippen LogP contribution in [0.3, 0.4) is 0 Å². The number of alkyl halides is 3. The van der Waals surface area contributed by atoms with E-state index in [0.717, 1.165) is 13.0 Å². The first-order valence-electron chi connectivity index (χ1n) is 7.86. The van der Waals surface area contributed by atoms with Gasteiger partial charge >= 0.3 is 6.18 Å². The molecule has 1 fully saturated rings. The molecule has 0 spiro atoms. The van der Waals surface area contributed by atoms with E-state index >= 15 is 0 Å². The maximum absolute atomic E-state index is 12.4. The maximum Gasteiger partial charge on any atom is 0.401 e. The van der Waals surface area contributed by atoms with E-state index in [9.17, 15) is 13.2 Å². The van der Waals surface area contributed by atoms with E-state index in [0.29, 0.717) is 45.2 Å². The average molecular weight is 324 g/mol. The Balaban J connectivity index is 2.35. The molecule has 0 aromatic rings. The Morgan fingerprint density at radius 3 is 2.77 bits per heavy atom. The molecule has 2 N–H and O–H groups in total. The van der Waals surface area contributed by atoms with Crippen LogP contribution in [0.2, 0.25) is 0 Å². The Morgan fingerprint density at radius 2 is 2.14 bits per heavy atom. The van der Waals surface area contributed by atoms with Gasteiger partial charge in [0.25, 0.3) is 0 Å². The molecule has 1 atom stereocenters. The van der Waals surface area contributed by atoms with E-state index in [-0.39, 0.29) is 6.04 Å². The van der Waals surface area contributed by atoms with Gasteiger partial charge in [-0.25, -0.2) is 0 Å². The van der Waals surface area contributed by atoms with Crippen LogP contribution in [-0.4, -0.2) is 69.0 Å². The fourth-order valence-electron chi connectivity index (χ4n) is 2.36. The van der Waals surface area contributed by atoms with Crippen molar-refractivity contribution in [2.45, 2.75) is 38.9 Å². The van der Waals surface area contributed by atoms with Crippen LogP contribution in [0, 0.1) is 0 Å². The van der Waals surface area contributed by atoms with Gasteiger partial charge in [-0.3, -0.25) is 9.89 Å². The Kier molecular flexibility index (Phi) is 8.55. The van der Waals surface area contributed by atoms with Crippen LogP contribution in [0.4, 0.5) is 13.2 Å². The molecular weight excluding hydrogens is 297 g/mol. The Labute approximate surface area is 130 Å². The summed E-state index contributed by atoms with van der Waals surface area (Å²) in [6.07, 6.45) is -2.61. The summed E-state index contributed by atoms with van der Waals surface area (Å²) in [6, 6.07) is 0.00652. The van der Waals surface area contributed by atoms with Crippen molar-refractivity contribution in [2.75, 3.05) is 45.9 Å². The lowest BCUT2D eigenvalue weighted by Crippen LogP contribution is -2.45. The monoisotopic (exact) mass is 324 g/mol. The van der Waals surface area contributed by atoms with Crippen molar-refractivity contribution < 1.29 is 17.9 Å². The topological polar surface area (TPSA) is 48.9 Å².